The Morgan fingerprint density at radius 3 is 2.39 bits per heavy atom. The topological polar surface area (TPSA) is 87.9 Å². The first-order valence-corrected chi connectivity index (χ1v) is 15.5. The fraction of sp³-hybridized carbons (Fsp3) is 0.312. The Labute approximate surface area is 239 Å². The molecule has 0 bridgehead atoms. The second kappa shape index (κ2) is 11.1. The second-order valence-corrected chi connectivity index (χ2v) is 12.7. The predicted octanol–water partition coefficient (Wildman–Crippen LogP) is 6.56. The minimum Gasteiger partial charge on any atom is -0.455 e. The second-order valence-electron chi connectivity index (χ2n) is 10.7. The van der Waals surface area contributed by atoms with Crippen molar-refractivity contribution in [2.45, 2.75) is 39.0 Å². The molecule has 214 valence electrons. The largest absolute Gasteiger partial charge is 0.455 e. The summed E-state index contributed by atoms with van der Waals surface area (Å²) in [5.41, 5.74) is 4.29. The molecule has 3 aromatic carbocycles. The number of Topliss-reactive ketones (excluding diaryl/α,β-unsaturated/α-hetero) is 1. The number of benzene rings is 3. The fourth-order valence-corrected chi connectivity index (χ4v) is 6.00. The molecule has 0 N–H and O–H groups in total. The SMILES string of the molecule is CCC(=O)c1c(-c2ccc(C)cc2)oc2cc(N(C)S(C)(=O)=O)c([C@@H]3CCCN(C(=O)c4ccc(F)cc4)C3)cc12. The number of ketones is 1. The van der Waals surface area contributed by atoms with E-state index in [1.807, 2.05) is 37.3 Å². The number of rotatable bonds is 7. The standard InChI is InChI=1S/C32H33FN2O5S/c1-5-28(36)30-26-17-25(23-7-6-16-35(19-23)32(37)22-12-14-24(33)15-13-22)27(34(3)41(4,38)39)18-29(26)40-31(30)21-10-8-20(2)9-11-21/h8-15,17-18,23H,5-7,16,19H2,1-4H3/t23-/m1/s1. The molecule has 7 nitrogen and oxygen atoms in total. The Hall–Kier alpha value is -3.98. The molecule has 1 aliphatic heterocycles. The maximum atomic E-state index is 13.5. The lowest BCUT2D eigenvalue weighted by atomic mass is 9.87. The van der Waals surface area contributed by atoms with Gasteiger partial charge in [0.25, 0.3) is 5.91 Å². The maximum absolute atomic E-state index is 13.5. The van der Waals surface area contributed by atoms with Gasteiger partial charge in [0.2, 0.25) is 10.0 Å². The van der Waals surface area contributed by atoms with E-state index in [0.717, 1.165) is 29.4 Å². The number of aryl methyl sites for hydroxylation is 1. The number of furan rings is 1. The molecule has 1 amide bonds. The Kier molecular flexibility index (Phi) is 7.74. The van der Waals surface area contributed by atoms with Crippen molar-refractivity contribution in [2.24, 2.45) is 0 Å². The fourth-order valence-electron chi connectivity index (χ4n) is 5.48. The van der Waals surface area contributed by atoms with Crippen LogP contribution in [0.5, 0.6) is 0 Å². The van der Waals surface area contributed by atoms with Crippen LogP contribution in [-0.2, 0) is 10.0 Å². The van der Waals surface area contributed by atoms with Crippen LogP contribution < -0.4 is 4.31 Å². The number of halogens is 1. The molecule has 0 aliphatic carbocycles. The molecule has 2 heterocycles. The summed E-state index contributed by atoms with van der Waals surface area (Å²) in [5.74, 6) is -0.443. The average molecular weight is 577 g/mol. The third-order valence-corrected chi connectivity index (χ3v) is 9.02. The van der Waals surface area contributed by atoms with Crippen LogP contribution in [-0.4, -0.2) is 51.4 Å². The van der Waals surface area contributed by atoms with E-state index in [-0.39, 0.29) is 24.0 Å². The van der Waals surface area contributed by atoms with Gasteiger partial charge in [-0.25, -0.2) is 12.8 Å². The minimum atomic E-state index is -3.64. The molecular formula is C32H33FN2O5S. The van der Waals surface area contributed by atoms with Crippen molar-refractivity contribution in [3.8, 4) is 11.3 Å². The van der Waals surface area contributed by atoms with Crippen LogP contribution in [0.3, 0.4) is 0 Å². The van der Waals surface area contributed by atoms with Gasteiger partial charge in [-0.2, -0.15) is 0 Å². The van der Waals surface area contributed by atoms with Gasteiger partial charge in [-0.3, -0.25) is 13.9 Å². The molecule has 0 unspecified atom stereocenters. The van der Waals surface area contributed by atoms with Gasteiger partial charge in [0.05, 0.1) is 17.5 Å². The van der Waals surface area contributed by atoms with Crippen LogP contribution in [0.15, 0.2) is 65.1 Å². The number of carbonyl (C=O) groups excluding carboxylic acids is 2. The van der Waals surface area contributed by atoms with E-state index in [1.54, 1.807) is 17.9 Å². The van der Waals surface area contributed by atoms with Crippen molar-refractivity contribution in [1.82, 2.24) is 4.90 Å². The zero-order valence-corrected chi connectivity index (χ0v) is 24.4. The minimum absolute atomic E-state index is 0.0775. The third kappa shape index (κ3) is 5.63. The summed E-state index contributed by atoms with van der Waals surface area (Å²) in [5, 5.41) is 0.620. The number of sulfonamides is 1. The lowest BCUT2D eigenvalue weighted by Gasteiger charge is -2.35. The first kappa shape index (κ1) is 28.5. The zero-order valence-electron chi connectivity index (χ0n) is 23.6. The van der Waals surface area contributed by atoms with Gasteiger partial charge in [-0.1, -0.05) is 36.8 Å². The molecule has 0 saturated carbocycles. The summed E-state index contributed by atoms with van der Waals surface area (Å²) >= 11 is 0. The number of fused-ring (bicyclic) bond motifs is 1. The Balaban J connectivity index is 1.65. The highest BCUT2D eigenvalue weighted by Crippen LogP contribution is 2.42. The van der Waals surface area contributed by atoms with E-state index < -0.39 is 15.8 Å². The molecule has 41 heavy (non-hydrogen) atoms. The quantitative estimate of drug-likeness (QED) is 0.233. The lowest BCUT2D eigenvalue weighted by Crippen LogP contribution is -2.39. The first-order chi connectivity index (χ1) is 19.5. The monoisotopic (exact) mass is 576 g/mol. The Bertz CT molecular complexity index is 1730. The van der Waals surface area contributed by atoms with E-state index in [0.29, 0.717) is 53.1 Å². The first-order valence-electron chi connectivity index (χ1n) is 13.7. The number of piperidine rings is 1. The molecule has 4 aromatic rings. The summed E-state index contributed by atoms with van der Waals surface area (Å²) in [6, 6.07) is 16.7. The van der Waals surface area contributed by atoms with Crippen molar-refractivity contribution >= 4 is 38.4 Å². The van der Waals surface area contributed by atoms with E-state index in [2.05, 4.69) is 0 Å². The van der Waals surface area contributed by atoms with Gasteiger partial charge in [0.15, 0.2) is 5.78 Å². The molecule has 1 atom stereocenters. The van der Waals surface area contributed by atoms with Crippen LogP contribution in [0.2, 0.25) is 0 Å². The summed E-state index contributed by atoms with van der Waals surface area (Å²) in [6.45, 7) is 4.67. The highest BCUT2D eigenvalue weighted by molar-refractivity contribution is 7.92. The van der Waals surface area contributed by atoms with Gasteiger partial charge in [0.1, 0.15) is 17.2 Å². The molecule has 1 fully saturated rings. The maximum Gasteiger partial charge on any atom is 0.253 e. The van der Waals surface area contributed by atoms with Gasteiger partial charge in [0, 0.05) is 55.1 Å². The molecule has 9 heteroatoms. The number of amides is 1. The van der Waals surface area contributed by atoms with Gasteiger partial charge in [-0.15, -0.1) is 0 Å². The van der Waals surface area contributed by atoms with Crippen molar-refractivity contribution in [1.29, 1.82) is 0 Å². The smallest absolute Gasteiger partial charge is 0.253 e. The Morgan fingerprint density at radius 2 is 1.76 bits per heavy atom. The third-order valence-electron chi connectivity index (χ3n) is 7.83. The predicted molar refractivity (Wildman–Crippen MR) is 159 cm³/mol. The molecular weight excluding hydrogens is 543 g/mol. The van der Waals surface area contributed by atoms with E-state index >= 15 is 0 Å². The van der Waals surface area contributed by atoms with E-state index in [1.165, 1.54) is 35.6 Å². The summed E-state index contributed by atoms with van der Waals surface area (Å²) < 4.78 is 46.4. The number of carbonyl (C=O) groups is 2. The summed E-state index contributed by atoms with van der Waals surface area (Å²) in [7, 11) is -2.14. The summed E-state index contributed by atoms with van der Waals surface area (Å²) in [4.78, 5) is 28.3. The van der Waals surface area contributed by atoms with Crippen molar-refractivity contribution in [3.63, 3.8) is 0 Å². The van der Waals surface area contributed by atoms with Crippen LogP contribution >= 0.6 is 0 Å². The molecule has 5 rings (SSSR count). The van der Waals surface area contributed by atoms with Crippen LogP contribution in [0.1, 0.15) is 63.9 Å². The van der Waals surface area contributed by atoms with Crippen LogP contribution in [0.25, 0.3) is 22.3 Å². The lowest BCUT2D eigenvalue weighted by molar-refractivity contribution is 0.0707. The van der Waals surface area contributed by atoms with Crippen LogP contribution in [0.4, 0.5) is 10.1 Å². The van der Waals surface area contributed by atoms with E-state index in [9.17, 15) is 22.4 Å². The molecule has 1 aromatic heterocycles. The number of hydrogen-bond donors (Lipinski definition) is 0. The van der Waals surface area contributed by atoms with Crippen molar-refractivity contribution in [2.75, 3.05) is 30.7 Å². The van der Waals surface area contributed by atoms with Gasteiger partial charge in [-0.05, 0) is 55.7 Å². The van der Waals surface area contributed by atoms with Gasteiger partial charge >= 0.3 is 0 Å². The molecule has 0 spiro atoms. The molecule has 1 saturated heterocycles. The normalized spacial score (nSPS) is 15.7. The zero-order chi connectivity index (χ0) is 29.5. The average Bonchev–Trinajstić information content (AvgIpc) is 3.34. The summed E-state index contributed by atoms with van der Waals surface area (Å²) in [6.07, 6.45) is 2.84. The number of anilines is 1. The Morgan fingerprint density at radius 1 is 1.07 bits per heavy atom. The highest BCUT2D eigenvalue weighted by atomic mass is 32.2. The number of nitrogens with zero attached hydrogens (tertiary/aromatic N) is 2. The molecule has 0 radical (unpaired) electrons. The van der Waals surface area contributed by atoms with Gasteiger partial charge < -0.3 is 9.32 Å². The van der Waals surface area contributed by atoms with E-state index in [4.69, 9.17) is 4.42 Å². The van der Waals surface area contributed by atoms with Crippen molar-refractivity contribution < 1.29 is 26.8 Å². The van der Waals surface area contributed by atoms with Crippen LogP contribution in [0, 0.1) is 12.7 Å². The molecule has 1 aliphatic rings. The van der Waals surface area contributed by atoms with Crippen molar-refractivity contribution in [3.05, 3.63) is 88.7 Å². The number of likely N-dealkylation sites (tertiary alicyclic amines) is 1. The highest BCUT2D eigenvalue weighted by Gasteiger charge is 2.31. The number of hydrogen-bond acceptors (Lipinski definition) is 5.